The number of anilines is 1. The molecule has 0 atom stereocenters. The van der Waals surface area contributed by atoms with Crippen LogP contribution >= 0.6 is 34.3 Å². The summed E-state index contributed by atoms with van der Waals surface area (Å²) in [5.74, 6) is 0. The molecule has 0 aromatic carbocycles. The van der Waals surface area contributed by atoms with Crippen LogP contribution in [0.4, 0.5) is 10.8 Å². The van der Waals surface area contributed by atoms with E-state index >= 15 is 0 Å². The number of nitro groups is 1. The second kappa shape index (κ2) is 5.60. The molecule has 108 valence electrons. The maximum Gasteiger partial charge on any atom is 0.300 e. The van der Waals surface area contributed by atoms with Gasteiger partial charge < -0.3 is 0 Å². The molecule has 0 aliphatic heterocycles. The molecule has 1 N–H and O–H groups in total. The number of aromatic nitrogens is 2. The van der Waals surface area contributed by atoms with Crippen LogP contribution in [-0.4, -0.2) is 23.5 Å². The van der Waals surface area contributed by atoms with Crippen LogP contribution in [0, 0.1) is 10.1 Å². The van der Waals surface area contributed by atoms with Crippen molar-refractivity contribution in [2.24, 2.45) is 0 Å². The Labute approximate surface area is 126 Å². The highest BCUT2D eigenvalue weighted by Crippen LogP contribution is 2.37. The number of aryl methyl sites for hydroxylation is 1. The first-order valence-corrected chi connectivity index (χ1v) is 8.62. The number of hydrogen-bond donors (Lipinski definition) is 1. The number of sulfonamides is 1. The molecule has 0 aliphatic rings. The average molecular weight is 355 g/mol. The van der Waals surface area contributed by atoms with Crippen LogP contribution < -0.4 is 4.72 Å². The molecule has 0 aliphatic carbocycles. The predicted molar refractivity (Wildman–Crippen MR) is 76.1 cm³/mol. The lowest BCUT2D eigenvalue weighted by Crippen LogP contribution is -2.11. The molecule has 2 aromatic rings. The zero-order valence-electron chi connectivity index (χ0n) is 9.86. The van der Waals surface area contributed by atoms with Crippen molar-refractivity contribution in [1.29, 1.82) is 0 Å². The van der Waals surface area contributed by atoms with E-state index in [-0.39, 0.29) is 13.7 Å². The van der Waals surface area contributed by atoms with E-state index in [2.05, 4.69) is 14.9 Å². The Balaban J connectivity index is 2.30. The third-order valence-electron chi connectivity index (χ3n) is 2.10. The van der Waals surface area contributed by atoms with Crippen molar-refractivity contribution in [3.05, 3.63) is 25.5 Å². The summed E-state index contributed by atoms with van der Waals surface area (Å²) in [7, 11) is -3.96. The van der Waals surface area contributed by atoms with Gasteiger partial charge in [0.1, 0.15) is 9.22 Å². The first-order chi connectivity index (χ1) is 9.33. The molecule has 2 heterocycles. The highest BCUT2D eigenvalue weighted by atomic mass is 35.5. The zero-order valence-corrected chi connectivity index (χ0v) is 13.1. The number of nitrogens with one attached hydrogen (secondary N) is 1. The second-order valence-corrected chi connectivity index (χ2v) is 8.07. The van der Waals surface area contributed by atoms with Crippen LogP contribution in [0.2, 0.25) is 4.34 Å². The molecule has 20 heavy (non-hydrogen) atoms. The highest BCUT2D eigenvalue weighted by Gasteiger charge is 2.26. The van der Waals surface area contributed by atoms with Gasteiger partial charge in [0.25, 0.3) is 15.7 Å². The number of hydrogen-bond acceptors (Lipinski definition) is 8. The Bertz CT molecular complexity index is 754. The van der Waals surface area contributed by atoms with E-state index in [1.54, 1.807) is 0 Å². The van der Waals surface area contributed by atoms with Crippen molar-refractivity contribution in [2.45, 2.75) is 17.6 Å². The van der Waals surface area contributed by atoms with Crippen molar-refractivity contribution < 1.29 is 13.3 Å². The Hall–Kier alpha value is -1.30. The Morgan fingerprint density at radius 1 is 1.45 bits per heavy atom. The number of rotatable bonds is 5. The molecule has 2 rings (SSSR count). The fraction of sp³-hybridized carbons (Fsp3) is 0.250. The summed E-state index contributed by atoms with van der Waals surface area (Å²) >= 11 is 7.34. The molecule has 0 saturated carbocycles. The quantitative estimate of drug-likeness (QED) is 0.651. The summed E-state index contributed by atoms with van der Waals surface area (Å²) in [5.41, 5.74) is -0.441. The van der Waals surface area contributed by atoms with Gasteiger partial charge in [-0.15, -0.1) is 21.5 Å². The molecule has 0 spiro atoms. The summed E-state index contributed by atoms with van der Waals surface area (Å²) < 4.78 is 25.9. The normalized spacial score (nSPS) is 11.5. The number of halogens is 1. The van der Waals surface area contributed by atoms with Crippen LogP contribution in [0.5, 0.6) is 0 Å². The molecular weight excluding hydrogens is 348 g/mol. The minimum Gasteiger partial charge on any atom is -0.258 e. The molecular formula is C8H7ClN4O4S3. The first kappa shape index (κ1) is 15.1. The van der Waals surface area contributed by atoms with Crippen molar-refractivity contribution >= 4 is 55.1 Å². The van der Waals surface area contributed by atoms with Gasteiger partial charge in [0, 0.05) is 6.07 Å². The monoisotopic (exact) mass is 354 g/mol. The van der Waals surface area contributed by atoms with Gasteiger partial charge in [0.2, 0.25) is 5.13 Å². The summed E-state index contributed by atoms with van der Waals surface area (Å²) in [4.78, 5) is 9.92. The molecule has 0 bridgehead atoms. The fourth-order valence-electron chi connectivity index (χ4n) is 1.20. The predicted octanol–water partition coefficient (Wildman–Crippen LogP) is 2.52. The van der Waals surface area contributed by atoms with E-state index in [4.69, 9.17) is 11.6 Å². The number of thiophene rings is 1. The summed E-state index contributed by atoms with van der Waals surface area (Å²) in [6.45, 7) is 1.86. The van der Waals surface area contributed by atoms with E-state index in [0.717, 1.165) is 17.4 Å². The minimum absolute atomic E-state index is 0.106. The topological polar surface area (TPSA) is 115 Å². The Kier molecular flexibility index (Phi) is 4.22. The summed E-state index contributed by atoms with van der Waals surface area (Å²) in [6, 6.07) is 0.914. The molecule has 0 amide bonds. The molecule has 0 radical (unpaired) electrons. The standard InChI is InChI=1S/C8H7ClN4O4S3/c1-2-5-10-11-8(18-5)12-20(16,17)6-3-4(13(14)15)7(9)19-6/h3H,2H2,1H3,(H,11,12). The second-order valence-electron chi connectivity index (χ2n) is 3.44. The van der Waals surface area contributed by atoms with Gasteiger partial charge in [0.05, 0.1) is 4.92 Å². The largest absolute Gasteiger partial charge is 0.300 e. The maximum atomic E-state index is 12.0. The Morgan fingerprint density at radius 3 is 2.65 bits per heavy atom. The fourth-order valence-corrected chi connectivity index (χ4v) is 4.77. The lowest BCUT2D eigenvalue weighted by atomic mass is 10.5. The smallest absolute Gasteiger partial charge is 0.258 e. The third-order valence-corrected chi connectivity index (χ3v) is 6.36. The Morgan fingerprint density at radius 2 is 2.15 bits per heavy atom. The highest BCUT2D eigenvalue weighted by molar-refractivity contribution is 7.95. The lowest BCUT2D eigenvalue weighted by Gasteiger charge is -2.00. The van der Waals surface area contributed by atoms with E-state index in [0.29, 0.717) is 22.8 Å². The van der Waals surface area contributed by atoms with Crippen molar-refractivity contribution in [1.82, 2.24) is 10.2 Å². The van der Waals surface area contributed by atoms with Gasteiger partial charge in [-0.3, -0.25) is 14.8 Å². The molecule has 0 unspecified atom stereocenters. The SMILES string of the molecule is CCc1nnc(NS(=O)(=O)c2cc([N+](=O)[O-])c(Cl)s2)s1. The van der Waals surface area contributed by atoms with Crippen molar-refractivity contribution in [3.8, 4) is 0 Å². The van der Waals surface area contributed by atoms with Gasteiger partial charge >= 0.3 is 0 Å². The van der Waals surface area contributed by atoms with Crippen molar-refractivity contribution in [3.63, 3.8) is 0 Å². The number of nitrogens with zero attached hydrogens (tertiary/aromatic N) is 3. The molecule has 2 aromatic heterocycles. The van der Waals surface area contributed by atoms with E-state index < -0.39 is 20.6 Å². The zero-order chi connectivity index (χ0) is 14.9. The van der Waals surface area contributed by atoms with Gasteiger partial charge in [0.15, 0.2) is 4.34 Å². The van der Waals surface area contributed by atoms with Crippen LogP contribution in [0.1, 0.15) is 11.9 Å². The average Bonchev–Trinajstić information content (AvgIpc) is 2.95. The van der Waals surface area contributed by atoms with E-state index in [1.165, 1.54) is 0 Å². The van der Waals surface area contributed by atoms with Crippen LogP contribution in [0.3, 0.4) is 0 Å². The first-order valence-electron chi connectivity index (χ1n) is 5.12. The van der Waals surface area contributed by atoms with Crippen LogP contribution in [0.25, 0.3) is 0 Å². The molecule has 12 heteroatoms. The van der Waals surface area contributed by atoms with Gasteiger partial charge in [-0.25, -0.2) is 8.42 Å². The van der Waals surface area contributed by atoms with Crippen LogP contribution in [-0.2, 0) is 16.4 Å². The summed E-state index contributed by atoms with van der Waals surface area (Å²) in [6.07, 6.45) is 0.635. The molecule has 0 fully saturated rings. The summed E-state index contributed by atoms with van der Waals surface area (Å²) in [5, 5.41) is 18.9. The van der Waals surface area contributed by atoms with Gasteiger partial charge in [-0.05, 0) is 6.42 Å². The van der Waals surface area contributed by atoms with E-state index in [1.807, 2.05) is 6.92 Å². The van der Waals surface area contributed by atoms with Gasteiger partial charge in [-0.1, -0.05) is 29.9 Å². The third kappa shape index (κ3) is 3.06. The van der Waals surface area contributed by atoms with Crippen molar-refractivity contribution in [2.75, 3.05) is 4.72 Å². The van der Waals surface area contributed by atoms with Crippen LogP contribution in [0.15, 0.2) is 10.3 Å². The lowest BCUT2D eigenvalue weighted by molar-refractivity contribution is -0.384. The molecule has 8 nitrogen and oxygen atoms in total. The maximum absolute atomic E-state index is 12.0. The molecule has 0 saturated heterocycles. The van der Waals surface area contributed by atoms with E-state index in [9.17, 15) is 18.5 Å². The van der Waals surface area contributed by atoms with Gasteiger partial charge in [-0.2, -0.15) is 0 Å². The minimum atomic E-state index is -3.96.